The van der Waals surface area contributed by atoms with Gasteiger partial charge in [0, 0.05) is 0 Å². The molecule has 0 saturated heterocycles. The summed E-state index contributed by atoms with van der Waals surface area (Å²) in [5.41, 5.74) is 0. The Morgan fingerprint density at radius 3 is 2.57 bits per heavy atom. The molecule has 1 aromatic carbocycles. The molecular formula is C8H8O2S3Se. The van der Waals surface area contributed by atoms with Gasteiger partial charge in [0.25, 0.3) is 0 Å². The van der Waals surface area contributed by atoms with Crippen molar-refractivity contribution >= 4 is 50.7 Å². The molecule has 0 atom stereocenters. The van der Waals surface area contributed by atoms with Crippen molar-refractivity contribution in [3.8, 4) is 11.5 Å². The van der Waals surface area contributed by atoms with E-state index in [0.717, 1.165) is 11.5 Å². The maximum atomic E-state index is 5.34. The fourth-order valence-corrected chi connectivity index (χ4v) is 11.1. The Kier molecular flexibility index (Phi) is 3.51. The molecule has 0 N–H and O–H groups in total. The molecule has 0 aliphatic rings. The third-order valence-corrected chi connectivity index (χ3v) is 11.5. The van der Waals surface area contributed by atoms with Crippen LogP contribution in [0.3, 0.4) is 0 Å². The van der Waals surface area contributed by atoms with E-state index in [9.17, 15) is 0 Å². The van der Waals surface area contributed by atoms with Crippen molar-refractivity contribution in [1.29, 1.82) is 0 Å². The van der Waals surface area contributed by atoms with Crippen molar-refractivity contribution in [2.75, 3.05) is 14.2 Å². The van der Waals surface area contributed by atoms with Crippen molar-refractivity contribution in [1.82, 2.24) is 0 Å². The molecule has 2 rings (SSSR count). The topological polar surface area (TPSA) is 18.5 Å². The zero-order valence-corrected chi connectivity index (χ0v) is 11.8. The summed E-state index contributed by atoms with van der Waals surface area (Å²) in [6, 6.07) is 3.95. The van der Waals surface area contributed by atoms with Crippen LogP contribution in [-0.4, -0.2) is 27.6 Å². The van der Waals surface area contributed by atoms with Crippen molar-refractivity contribution in [2.45, 2.75) is 0 Å². The van der Waals surface area contributed by atoms with Gasteiger partial charge in [-0.15, -0.1) is 0 Å². The Morgan fingerprint density at radius 2 is 1.86 bits per heavy atom. The van der Waals surface area contributed by atoms with E-state index in [1.54, 1.807) is 24.6 Å². The average Bonchev–Trinajstić information content (AvgIpc) is 2.27. The summed E-state index contributed by atoms with van der Waals surface area (Å²) >= 11 is 0.422. The third kappa shape index (κ3) is 1.85. The molecule has 1 heterocycles. The SMILES string of the molecule is COc1ccc(OC)c2[se]sssc12. The van der Waals surface area contributed by atoms with Crippen LogP contribution in [-0.2, 0) is 0 Å². The predicted molar refractivity (Wildman–Crippen MR) is 65.3 cm³/mol. The van der Waals surface area contributed by atoms with Gasteiger partial charge in [-0.05, 0) is 0 Å². The molecule has 0 amide bonds. The second-order valence-corrected chi connectivity index (χ2v) is 10.5. The minimum atomic E-state index is 0.422. The zero-order valence-electron chi connectivity index (χ0n) is 7.60. The van der Waals surface area contributed by atoms with E-state index in [2.05, 4.69) is 0 Å². The summed E-state index contributed by atoms with van der Waals surface area (Å²) in [4.78, 5) is 0. The van der Waals surface area contributed by atoms with Crippen LogP contribution in [0.1, 0.15) is 0 Å². The fourth-order valence-electron chi connectivity index (χ4n) is 1.10. The molecule has 2 aromatic rings. The molecule has 2 nitrogen and oxygen atoms in total. The van der Waals surface area contributed by atoms with Crippen LogP contribution in [0.25, 0.3) is 8.96 Å². The molecule has 0 fully saturated rings. The number of ether oxygens (including phenoxy) is 2. The van der Waals surface area contributed by atoms with Gasteiger partial charge in [-0.25, -0.2) is 0 Å². The minimum absolute atomic E-state index is 0.422. The Labute approximate surface area is 97.6 Å². The van der Waals surface area contributed by atoms with Crippen molar-refractivity contribution < 1.29 is 9.47 Å². The van der Waals surface area contributed by atoms with E-state index >= 15 is 0 Å². The van der Waals surface area contributed by atoms with Crippen molar-refractivity contribution in [3.05, 3.63) is 12.1 Å². The van der Waals surface area contributed by atoms with Crippen LogP contribution in [0, 0.1) is 0 Å². The standard InChI is InChI=1S/C8H8O2S3Se/c1-9-5-3-4-6(10-2)8-7(5)11-12-13-14-8/h3-4H,1-2H3. The summed E-state index contributed by atoms with van der Waals surface area (Å²) in [6.45, 7) is 0. The van der Waals surface area contributed by atoms with E-state index in [-0.39, 0.29) is 0 Å². The maximum absolute atomic E-state index is 5.34. The normalized spacial score (nSPS) is 10.1. The molecule has 0 saturated carbocycles. The van der Waals surface area contributed by atoms with Crippen molar-refractivity contribution in [3.63, 3.8) is 0 Å². The van der Waals surface area contributed by atoms with Crippen LogP contribution in [0.2, 0.25) is 0 Å². The van der Waals surface area contributed by atoms with E-state index in [0.29, 0.717) is 13.3 Å². The first-order valence-corrected chi connectivity index (χ1v) is 10.2. The van der Waals surface area contributed by atoms with Crippen LogP contribution in [0.4, 0.5) is 0 Å². The van der Waals surface area contributed by atoms with Gasteiger partial charge >= 0.3 is 98.0 Å². The van der Waals surface area contributed by atoms with E-state index in [1.165, 1.54) is 8.96 Å². The zero-order chi connectivity index (χ0) is 9.97. The summed E-state index contributed by atoms with van der Waals surface area (Å²) in [7, 11) is 8.89. The first-order chi connectivity index (χ1) is 6.86. The molecule has 0 unspecified atom stereocenters. The molecule has 1 aromatic heterocycles. The van der Waals surface area contributed by atoms with E-state index in [4.69, 9.17) is 9.47 Å². The average molecular weight is 311 g/mol. The fraction of sp³-hybridized carbons (Fsp3) is 0.250. The number of hydrogen-bond donors (Lipinski definition) is 0. The molecule has 0 radical (unpaired) electrons. The summed E-state index contributed by atoms with van der Waals surface area (Å²) in [5, 5.41) is 0. The molecular weight excluding hydrogens is 303 g/mol. The summed E-state index contributed by atoms with van der Waals surface area (Å²) < 4.78 is 13.2. The number of rotatable bonds is 2. The van der Waals surface area contributed by atoms with Crippen molar-refractivity contribution in [2.24, 2.45) is 0 Å². The van der Waals surface area contributed by atoms with Gasteiger partial charge in [0.2, 0.25) is 0 Å². The van der Waals surface area contributed by atoms with Crippen LogP contribution in [0.5, 0.6) is 11.5 Å². The van der Waals surface area contributed by atoms with E-state index in [1.807, 2.05) is 30.2 Å². The van der Waals surface area contributed by atoms with Gasteiger partial charge in [-0.1, -0.05) is 0 Å². The molecule has 0 bridgehead atoms. The Morgan fingerprint density at radius 1 is 1.14 bits per heavy atom. The second-order valence-electron chi connectivity index (χ2n) is 2.43. The first kappa shape index (κ1) is 10.5. The summed E-state index contributed by atoms with van der Waals surface area (Å²) in [5.74, 6) is 1.95. The number of hydrogen-bond acceptors (Lipinski definition) is 5. The van der Waals surface area contributed by atoms with E-state index < -0.39 is 0 Å². The Hall–Kier alpha value is -0.000519. The monoisotopic (exact) mass is 312 g/mol. The van der Waals surface area contributed by atoms with Crippen LogP contribution < -0.4 is 9.47 Å². The van der Waals surface area contributed by atoms with Gasteiger partial charge in [0.05, 0.1) is 0 Å². The summed E-state index contributed by atoms with van der Waals surface area (Å²) in [6.07, 6.45) is 0. The van der Waals surface area contributed by atoms with Gasteiger partial charge in [-0.2, -0.15) is 0 Å². The molecule has 14 heavy (non-hydrogen) atoms. The number of fused-ring (bicyclic) bond motifs is 1. The quantitative estimate of drug-likeness (QED) is 0.626. The number of benzene rings is 1. The Bertz CT molecular complexity index is 421. The molecule has 0 aliphatic carbocycles. The first-order valence-electron chi connectivity index (χ1n) is 3.79. The van der Waals surface area contributed by atoms with Gasteiger partial charge in [-0.3, -0.25) is 0 Å². The predicted octanol–water partition coefficient (Wildman–Crippen LogP) is 3.22. The Balaban J connectivity index is 2.78. The van der Waals surface area contributed by atoms with Gasteiger partial charge in [0.15, 0.2) is 0 Å². The number of methoxy groups -OCH3 is 2. The molecule has 0 spiro atoms. The van der Waals surface area contributed by atoms with Crippen LogP contribution >= 0.6 is 28.4 Å². The van der Waals surface area contributed by atoms with Crippen LogP contribution in [0.15, 0.2) is 12.1 Å². The third-order valence-electron chi connectivity index (χ3n) is 1.74. The molecule has 76 valence electrons. The van der Waals surface area contributed by atoms with Gasteiger partial charge < -0.3 is 0 Å². The molecule has 0 aliphatic heterocycles. The molecule has 6 heteroatoms. The second kappa shape index (κ2) is 4.68. The van der Waals surface area contributed by atoms with Gasteiger partial charge in [0.1, 0.15) is 0 Å².